The number of rotatable bonds is 5. The first-order chi connectivity index (χ1) is 9.15. The Hall–Kier alpha value is -1.60. The van der Waals surface area contributed by atoms with Crippen molar-refractivity contribution in [2.75, 3.05) is 6.54 Å². The zero-order chi connectivity index (χ0) is 13.8. The molecule has 0 bridgehead atoms. The summed E-state index contributed by atoms with van der Waals surface area (Å²) < 4.78 is 15.4. The zero-order valence-corrected chi connectivity index (χ0v) is 11.3. The van der Waals surface area contributed by atoms with Crippen LogP contribution in [0, 0.1) is 5.82 Å². The van der Waals surface area contributed by atoms with E-state index in [2.05, 4.69) is 10.2 Å². The second kappa shape index (κ2) is 6.03. The fourth-order valence-electron chi connectivity index (χ4n) is 1.71. The Kier molecular flexibility index (Phi) is 4.39. The van der Waals surface area contributed by atoms with Crippen LogP contribution in [0.25, 0.3) is 0 Å². The number of halogens is 1. The number of hydrogen-bond donors (Lipinski definition) is 2. The number of nitrogens with zero attached hydrogens (tertiary/aromatic N) is 2. The molecule has 7 heteroatoms. The summed E-state index contributed by atoms with van der Waals surface area (Å²) in [4.78, 5) is 11.8. The number of nitrogens with one attached hydrogen (secondary N) is 1. The third-order valence-electron chi connectivity index (χ3n) is 2.67. The Morgan fingerprint density at radius 2 is 2.32 bits per heavy atom. The lowest BCUT2D eigenvalue weighted by molar-refractivity contribution is 0.597. The number of H-pyrrole nitrogens is 1. The second-order valence-electron chi connectivity index (χ2n) is 3.96. The molecule has 1 aromatic heterocycles. The number of nitrogens with two attached hydrogens (primary N) is 1. The van der Waals surface area contributed by atoms with Crippen molar-refractivity contribution in [2.45, 2.75) is 29.9 Å². The van der Waals surface area contributed by atoms with Gasteiger partial charge in [-0.3, -0.25) is 4.57 Å². The molecule has 1 aromatic carbocycles. The van der Waals surface area contributed by atoms with Crippen LogP contribution in [0.5, 0.6) is 0 Å². The maximum absolute atomic E-state index is 13.9. The topological polar surface area (TPSA) is 76.7 Å². The summed E-state index contributed by atoms with van der Waals surface area (Å²) in [6, 6.07) is 4.99. The van der Waals surface area contributed by atoms with E-state index in [0.29, 0.717) is 29.6 Å². The molecular weight excluding hydrogens is 267 g/mol. The van der Waals surface area contributed by atoms with Gasteiger partial charge in [0.1, 0.15) is 5.82 Å². The number of aromatic nitrogens is 3. The Morgan fingerprint density at radius 1 is 1.53 bits per heavy atom. The van der Waals surface area contributed by atoms with E-state index in [4.69, 9.17) is 5.73 Å². The molecule has 0 aliphatic heterocycles. The third-order valence-corrected chi connectivity index (χ3v) is 3.72. The predicted octanol–water partition coefficient (Wildman–Crippen LogP) is 1.38. The van der Waals surface area contributed by atoms with Crippen molar-refractivity contribution in [1.29, 1.82) is 0 Å². The van der Waals surface area contributed by atoms with Crippen molar-refractivity contribution in [3.05, 3.63) is 40.1 Å². The summed E-state index contributed by atoms with van der Waals surface area (Å²) in [6.45, 7) is 2.81. The normalized spacial score (nSPS) is 10.9. The van der Waals surface area contributed by atoms with Gasteiger partial charge in [-0.2, -0.15) is 0 Å². The predicted molar refractivity (Wildman–Crippen MR) is 71.8 cm³/mol. The van der Waals surface area contributed by atoms with Gasteiger partial charge in [0.2, 0.25) is 0 Å². The molecule has 2 rings (SSSR count). The Labute approximate surface area is 114 Å². The highest BCUT2D eigenvalue weighted by molar-refractivity contribution is 7.99. The van der Waals surface area contributed by atoms with Crippen molar-refractivity contribution in [3.8, 4) is 0 Å². The molecule has 3 N–H and O–H groups in total. The molecule has 2 aromatic rings. The summed E-state index contributed by atoms with van der Waals surface area (Å²) >= 11 is 1.13. The monoisotopic (exact) mass is 282 g/mol. The van der Waals surface area contributed by atoms with E-state index < -0.39 is 0 Å². The fourth-order valence-corrected chi connectivity index (χ4v) is 2.61. The summed E-state index contributed by atoms with van der Waals surface area (Å²) in [6.07, 6.45) is 0.643. The molecule has 0 aliphatic rings. The highest BCUT2D eigenvalue weighted by Crippen LogP contribution is 2.28. The van der Waals surface area contributed by atoms with Gasteiger partial charge in [-0.25, -0.2) is 14.3 Å². The van der Waals surface area contributed by atoms with Gasteiger partial charge in [0, 0.05) is 6.54 Å². The number of aromatic amines is 1. The first-order valence-corrected chi connectivity index (χ1v) is 6.79. The molecule has 0 unspecified atom stereocenters. The van der Waals surface area contributed by atoms with E-state index in [0.717, 1.165) is 17.3 Å². The maximum atomic E-state index is 13.9. The molecule has 0 spiro atoms. The van der Waals surface area contributed by atoms with Crippen LogP contribution in [0.15, 0.2) is 33.0 Å². The van der Waals surface area contributed by atoms with Crippen molar-refractivity contribution in [1.82, 2.24) is 14.8 Å². The largest absolute Gasteiger partial charge is 0.343 e. The molecule has 1 heterocycles. The minimum absolute atomic E-state index is 0.287. The van der Waals surface area contributed by atoms with Crippen LogP contribution < -0.4 is 11.4 Å². The highest BCUT2D eigenvalue weighted by Gasteiger charge is 2.11. The fraction of sp³-hybridized carbons (Fsp3) is 0.333. The molecule has 0 amide bonds. The lowest BCUT2D eigenvalue weighted by Crippen LogP contribution is -2.16. The standard InChI is InChI=1S/C12H15FN4OS/c1-2-17-11(18)15-16-12(17)19-10-4-3-8(5-6-14)7-9(10)13/h3-4,7H,2,5-6,14H2,1H3,(H,15,18). The van der Waals surface area contributed by atoms with Crippen LogP contribution in [0.2, 0.25) is 0 Å². The van der Waals surface area contributed by atoms with Crippen molar-refractivity contribution in [2.24, 2.45) is 5.73 Å². The lowest BCUT2D eigenvalue weighted by atomic mass is 10.1. The average molecular weight is 282 g/mol. The molecule has 0 aliphatic carbocycles. The van der Waals surface area contributed by atoms with Gasteiger partial charge >= 0.3 is 5.69 Å². The van der Waals surface area contributed by atoms with E-state index in [1.54, 1.807) is 6.07 Å². The van der Waals surface area contributed by atoms with Gasteiger partial charge in [-0.15, -0.1) is 5.10 Å². The van der Waals surface area contributed by atoms with Gasteiger partial charge in [0.25, 0.3) is 0 Å². The smallest absolute Gasteiger partial charge is 0.330 e. The molecule has 0 saturated carbocycles. The summed E-state index contributed by atoms with van der Waals surface area (Å²) in [5.74, 6) is -0.325. The number of hydrogen-bond acceptors (Lipinski definition) is 4. The lowest BCUT2D eigenvalue weighted by Gasteiger charge is -2.05. The van der Waals surface area contributed by atoms with Crippen LogP contribution in [-0.2, 0) is 13.0 Å². The van der Waals surface area contributed by atoms with Crippen molar-refractivity contribution >= 4 is 11.8 Å². The molecule has 0 saturated heterocycles. The zero-order valence-electron chi connectivity index (χ0n) is 10.5. The quantitative estimate of drug-likeness (QED) is 0.868. The van der Waals surface area contributed by atoms with Crippen LogP contribution >= 0.6 is 11.8 Å². The van der Waals surface area contributed by atoms with Gasteiger partial charge in [-0.05, 0) is 49.3 Å². The Balaban J connectivity index is 2.26. The summed E-state index contributed by atoms with van der Waals surface area (Å²) in [5, 5.41) is 6.70. The first kappa shape index (κ1) is 13.8. The minimum Gasteiger partial charge on any atom is -0.330 e. The van der Waals surface area contributed by atoms with Crippen molar-refractivity contribution < 1.29 is 4.39 Å². The van der Waals surface area contributed by atoms with Crippen LogP contribution in [0.4, 0.5) is 4.39 Å². The van der Waals surface area contributed by atoms with Gasteiger partial charge in [0.15, 0.2) is 5.16 Å². The van der Waals surface area contributed by atoms with Crippen LogP contribution in [0.3, 0.4) is 0 Å². The molecule has 102 valence electrons. The molecule has 19 heavy (non-hydrogen) atoms. The molecule has 0 radical (unpaired) electrons. The first-order valence-electron chi connectivity index (χ1n) is 5.97. The van der Waals surface area contributed by atoms with E-state index in [-0.39, 0.29) is 11.5 Å². The molecule has 0 fully saturated rings. The van der Waals surface area contributed by atoms with E-state index >= 15 is 0 Å². The summed E-state index contributed by atoms with van der Waals surface area (Å²) in [5.41, 5.74) is 6.01. The minimum atomic E-state index is -0.325. The second-order valence-corrected chi connectivity index (χ2v) is 4.97. The maximum Gasteiger partial charge on any atom is 0.343 e. The SMILES string of the molecule is CCn1c(Sc2ccc(CCN)cc2F)n[nH]c1=O. The molecular formula is C12H15FN4OS. The van der Waals surface area contributed by atoms with Crippen LogP contribution in [0.1, 0.15) is 12.5 Å². The Morgan fingerprint density at radius 3 is 2.95 bits per heavy atom. The van der Waals surface area contributed by atoms with Crippen molar-refractivity contribution in [3.63, 3.8) is 0 Å². The molecule has 0 atom stereocenters. The summed E-state index contributed by atoms with van der Waals surface area (Å²) in [7, 11) is 0. The third kappa shape index (κ3) is 3.05. The molecule has 5 nitrogen and oxygen atoms in total. The number of benzene rings is 1. The highest BCUT2D eigenvalue weighted by atomic mass is 32.2. The van der Waals surface area contributed by atoms with E-state index in [9.17, 15) is 9.18 Å². The van der Waals surface area contributed by atoms with Gasteiger partial charge in [-0.1, -0.05) is 6.07 Å². The average Bonchev–Trinajstić information content (AvgIpc) is 2.73. The van der Waals surface area contributed by atoms with E-state index in [1.807, 2.05) is 13.0 Å². The van der Waals surface area contributed by atoms with E-state index in [1.165, 1.54) is 10.6 Å². The van der Waals surface area contributed by atoms with Gasteiger partial charge in [0.05, 0.1) is 4.90 Å². The Bertz CT molecular complexity index is 622. The van der Waals surface area contributed by atoms with Crippen LogP contribution in [-0.4, -0.2) is 21.3 Å². The van der Waals surface area contributed by atoms with Gasteiger partial charge < -0.3 is 5.73 Å².